The van der Waals surface area contributed by atoms with Crippen molar-refractivity contribution in [2.45, 2.75) is 40.0 Å². The van der Waals surface area contributed by atoms with Crippen LogP contribution in [-0.4, -0.2) is 31.0 Å². The molecule has 0 atom stereocenters. The van der Waals surface area contributed by atoms with Gasteiger partial charge < -0.3 is 4.74 Å². The molecule has 0 spiro atoms. The van der Waals surface area contributed by atoms with E-state index in [-0.39, 0.29) is 5.56 Å². The Bertz CT molecular complexity index is 1920. The largest absolute Gasteiger partial charge is 0.494 e. The van der Waals surface area contributed by atoms with Crippen molar-refractivity contribution >= 4 is 22.4 Å². The molecule has 0 N–H and O–H groups in total. The average molecular weight is 562 g/mol. The summed E-state index contributed by atoms with van der Waals surface area (Å²) in [7, 11) is 0. The maximum atomic E-state index is 13.4. The Morgan fingerprint density at radius 2 is 1.76 bits per heavy atom. The van der Waals surface area contributed by atoms with Crippen LogP contribution in [0.4, 0.5) is 0 Å². The standard InChI is InChI=1S/C33H31N5O2S/c1-4-5-9-18-40-27-16-14-24(15-17-27)31-34-33-38(36-31)32(39)29(41-33)20-25-21-37(26-10-7-6-8-11-26)35-30(25)28-19-22(2)12-13-23(28)3/h6-8,10-17,19-21H,4-5,9,18H2,1-3H3/b29-20-. The molecule has 6 rings (SSSR count). The number of fused-ring (bicyclic) bond motifs is 1. The van der Waals surface area contributed by atoms with Gasteiger partial charge in [0.25, 0.3) is 5.56 Å². The van der Waals surface area contributed by atoms with Crippen LogP contribution in [0.3, 0.4) is 0 Å². The topological polar surface area (TPSA) is 74.3 Å². The highest BCUT2D eigenvalue weighted by Crippen LogP contribution is 2.28. The van der Waals surface area contributed by atoms with Gasteiger partial charge in [0.2, 0.25) is 4.96 Å². The lowest BCUT2D eigenvalue weighted by molar-refractivity contribution is 0.306. The zero-order chi connectivity index (χ0) is 28.3. The summed E-state index contributed by atoms with van der Waals surface area (Å²) in [6.07, 6.45) is 7.24. The molecule has 41 heavy (non-hydrogen) atoms. The summed E-state index contributed by atoms with van der Waals surface area (Å²) in [5.41, 5.74) is 6.59. The van der Waals surface area contributed by atoms with E-state index in [0.717, 1.165) is 64.2 Å². The van der Waals surface area contributed by atoms with Gasteiger partial charge in [-0.2, -0.15) is 14.6 Å². The fourth-order valence-electron chi connectivity index (χ4n) is 4.75. The van der Waals surface area contributed by atoms with Crippen LogP contribution in [0.2, 0.25) is 0 Å². The molecule has 0 fully saturated rings. The third-order valence-electron chi connectivity index (χ3n) is 7.01. The van der Waals surface area contributed by atoms with Crippen LogP contribution in [0.15, 0.2) is 83.8 Å². The molecule has 0 aliphatic carbocycles. The Balaban J connectivity index is 1.36. The summed E-state index contributed by atoms with van der Waals surface area (Å²) >= 11 is 1.33. The number of rotatable bonds is 9. The van der Waals surface area contributed by atoms with Crippen LogP contribution in [0.5, 0.6) is 5.75 Å². The minimum absolute atomic E-state index is 0.195. The molecule has 0 saturated carbocycles. The summed E-state index contributed by atoms with van der Waals surface area (Å²) < 4.78 is 9.62. The second kappa shape index (κ2) is 11.5. The molecule has 0 aliphatic heterocycles. The molecule has 3 aromatic heterocycles. The van der Waals surface area contributed by atoms with E-state index in [2.05, 4.69) is 49.1 Å². The minimum Gasteiger partial charge on any atom is -0.494 e. The fourth-order valence-corrected chi connectivity index (χ4v) is 5.64. The highest BCUT2D eigenvalue weighted by molar-refractivity contribution is 7.15. The number of hydrogen-bond acceptors (Lipinski definition) is 6. The number of aryl methyl sites for hydroxylation is 2. The summed E-state index contributed by atoms with van der Waals surface area (Å²) in [6, 6.07) is 24.0. The number of unbranched alkanes of at least 4 members (excludes halogenated alkanes) is 2. The van der Waals surface area contributed by atoms with Crippen LogP contribution in [0, 0.1) is 13.8 Å². The van der Waals surface area contributed by atoms with E-state index < -0.39 is 0 Å². The van der Waals surface area contributed by atoms with Crippen molar-refractivity contribution in [2.24, 2.45) is 0 Å². The lowest BCUT2D eigenvalue weighted by Gasteiger charge is -2.05. The van der Waals surface area contributed by atoms with Crippen molar-refractivity contribution < 1.29 is 4.74 Å². The van der Waals surface area contributed by atoms with Crippen molar-refractivity contribution in [1.29, 1.82) is 0 Å². The van der Waals surface area contributed by atoms with Crippen molar-refractivity contribution in [3.8, 4) is 34.1 Å². The van der Waals surface area contributed by atoms with E-state index in [4.69, 9.17) is 9.84 Å². The normalized spacial score (nSPS) is 11.9. The van der Waals surface area contributed by atoms with Gasteiger partial charge in [0, 0.05) is 22.9 Å². The highest BCUT2D eigenvalue weighted by Gasteiger charge is 2.16. The van der Waals surface area contributed by atoms with Crippen LogP contribution in [0.25, 0.3) is 39.4 Å². The summed E-state index contributed by atoms with van der Waals surface area (Å²) in [6.45, 7) is 7.03. The Morgan fingerprint density at radius 3 is 2.51 bits per heavy atom. The number of hydrogen-bond donors (Lipinski definition) is 0. The van der Waals surface area contributed by atoms with Gasteiger partial charge >= 0.3 is 0 Å². The molecule has 0 aliphatic rings. The first-order valence-electron chi connectivity index (χ1n) is 13.9. The van der Waals surface area contributed by atoms with E-state index in [9.17, 15) is 4.79 Å². The summed E-state index contributed by atoms with van der Waals surface area (Å²) in [5.74, 6) is 1.34. The minimum atomic E-state index is -0.195. The molecular weight excluding hydrogens is 530 g/mol. The molecule has 0 bridgehead atoms. The first-order valence-corrected chi connectivity index (χ1v) is 14.7. The second-order valence-corrected chi connectivity index (χ2v) is 11.2. The van der Waals surface area contributed by atoms with E-state index in [1.807, 2.05) is 71.6 Å². The van der Waals surface area contributed by atoms with Gasteiger partial charge in [0.15, 0.2) is 5.82 Å². The number of thiazole rings is 1. The maximum absolute atomic E-state index is 13.4. The predicted octanol–water partition coefficient (Wildman–Crippen LogP) is 6.40. The second-order valence-electron chi connectivity index (χ2n) is 10.2. The molecule has 7 nitrogen and oxygen atoms in total. The smallest absolute Gasteiger partial charge is 0.291 e. The molecule has 3 heterocycles. The van der Waals surface area contributed by atoms with Crippen molar-refractivity contribution in [2.75, 3.05) is 6.61 Å². The average Bonchev–Trinajstić information content (AvgIpc) is 3.68. The molecule has 0 amide bonds. The molecule has 8 heteroatoms. The number of benzene rings is 3. The predicted molar refractivity (Wildman–Crippen MR) is 165 cm³/mol. The van der Waals surface area contributed by atoms with Gasteiger partial charge in [-0.05, 0) is 74.4 Å². The SMILES string of the molecule is CCCCCOc1ccc(-c2nc3s/c(=C\c4cn(-c5ccccc5)nc4-c4cc(C)ccc4C)c(=O)n3n2)cc1. The third-order valence-corrected chi connectivity index (χ3v) is 7.97. The first-order chi connectivity index (χ1) is 20.0. The number of aromatic nitrogens is 5. The van der Waals surface area contributed by atoms with Gasteiger partial charge in [0.05, 0.1) is 16.8 Å². The van der Waals surface area contributed by atoms with Crippen LogP contribution < -0.4 is 14.8 Å². The number of para-hydroxylation sites is 1. The van der Waals surface area contributed by atoms with E-state index in [0.29, 0.717) is 21.9 Å². The number of nitrogens with zero attached hydrogens (tertiary/aromatic N) is 5. The third kappa shape index (κ3) is 5.56. The zero-order valence-electron chi connectivity index (χ0n) is 23.4. The molecular formula is C33H31N5O2S. The van der Waals surface area contributed by atoms with Gasteiger partial charge in [-0.1, -0.05) is 67.0 Å². The molecule has 0 radical (unpaired) electrons. The Morgan fingerprint density at radius 1 is 0.951 bits per heavy atom. The molecule has 0 saturated heterocycles. The fraction of sp³-hybridized carbons (Fsp3) is 0.212. The molecule has 0 unspecified atom stereocenters. The lowest BCUT2D eigenvalue weighted by Crippen LogP contribution is -2.23. The van der Waals surface area contributed by atoms with Gasteiger partial charge in [0.1, 0.15) is 11.4 Å². The van der Waals surface area contributed by atoms with E-state index in [1.54, 1.807) is 0 Å². The van der Waals surface area contributed by atoms with Gasteiger partial charge in [-0.15, -0.1) is 5.10 Å². The summed E-state index contributed by atoms with van der Waals surface area (Å²) in [4.78, 5) is 18.7. The first kappa shape index (κ1) is 26.7. The van der Waals surface area contributed by atoms with Crippen LogP contribution in [0.1, 0.15) is 42.9 Å². The Kier molecular flexibility index (Phi) is 7.48. The van der Waals surface area contributed by atoms with E-state index >= 15 is 0 Å². The lowest BCUT2D eigenvalue weighted by atomic mass is 10.0. The quantitative estimate of drug-likeness (QED) is 0.191. The van der Waals surface area contributed by atoms with Crippen molar-refractivity contribution in [3.05, 3.63) is 111 Å². The molecule has 6 aromatic rings. The molecule has 3 aromatic carbocycles. The van der Waals surface area contributed by atoms with E-state index in [1.165, 1.54) is 15.9 Å². The van der Waals surface area contributed by atoms with Gasteiger partial charge in [-0.3, -0.25) is 4.79 Å². The zero-order valence-corrected chi connectivity index (χ0v) is 24.2. The highest BCUT2D eigenvalue weighted by atomic mass is 32.1. The maximum Gasteiger partial charge on any atom is 0.291 e. The Hall–Kier alpha value is -4.56. The van der Waals surface area contributed by atoms with Crippen LogP contribution in [-0.2, 0) is 0 Å². The van der Waals surface area contributed by atoms with Crippen LogP contribution >= 0.6 is 11.3 Å². The Labute approximate surface area is 242 Å². The van der Waals surface area contributed by atoms with Crippen molar-refractivity contribution in [3.63, 3.8) is 0 Å². The molecule has 206 valence electrons. The summed E-state index contributed by atoms with van der Waals surface area (Å²) in [5, 5.41) is 9.49. The number of ether oxygens (including phenoxy) is 1. The van der Waals surface area contributed by atoms with Crippen molar-refractivity contribution in [1.82, 2.24) is 24.4 Å². The monoisotopic (exact) mass is 561 g/mol. The van der Waals surface area contributed by atoms with Gasteiger partial charge in [-0.25, -0.2) is 4.68 Å².